The Morgan fingerprint density at radius 1 is 1.37 bits per heavy atom. The Bertz CT molecular complexity index is 561. The molecule has 0 saturated carbocycles. The van der Waals surface area contributed by atoms with Crippen molar-refractivity contribution in [2.45, 2.75) is 39.4 Å². The zero-order valence-electron chi connectivity index (χ0n) is 11.7. The molecule has 0 saturated heterocycles. The summed E-state index contributed by atoms with van der Waals surface area (Å²) < 4.78 is 5.63. The van der Waals surface area contributed by atoms with E-state index in [2.05, 4.69) is 4.98 Å². The molecule has 0 amide bonds. The van der Waals surface area contributed by atoms with E-state index in [9.17, 15) is 5.11 Å². The second kappa shape index (κ2) is 5.31. The third-order valence-corrected chi connectivity index (χ3v) is 4.18. The lowest BCUT2D eigenvalue weighted by atomic mass is 9.93. The van der Waals surface area contributed by atoms with E-state index < -0.39 is 5.60 Å². The molecule has 2 heterocycles. The van der Waals surface area contributed by atoms with Crippen molar-refractivity contribution in [1.29, 1.82) is 0 Å². The van der Waals surface area contributed by atoms with Crippen LogP contribution in [-0.2, 0) is 5.60 Å². The van der Waals surface area contributed by atoms with Crippen LogP contribution < -0.4 is 4.74 Å². The highest BCUT2D eigenvalue weighted by molar-refractivity contribution is 7.10. The van der Waals surface area contributed by atoms with Crippen LogP contribution in [0.4, 0.5) is 0 Å². The van der Waals surface area contributed by atoms with Gasteiger partial charge in [-0.25, -0.2) is 0 Å². The summed E-state index contributed by atoms with van der Waals surface area (Å²) in [7, 11) is 0. The van der Waals surface area contributed by atoms with Gasteiger partial charge in [-0.05, 0) is 50.8 Å². The van der Waals surface area contributed by atoms with Gasteiger partial charge < -0.3 is 9.84 Å². The van der Waals surface area contributed by atoms with E-state index in [-0.39, 0.29) is 6.10 Å². The van der Waals surface area contributed by atoms with Crippen LogP contribution in [0.15, 0.2) is 29.9 Å². The summed E-state index contributed by atoms with van der Waals surface area (Å²) in [6.07, 6.45) is 3.44. The van der Waals surface area contributed by atoms with Crippen molar-refractivity contribution in [1.82, 2.24) is 4.98 Å². The maximum atomic E-state index is 10.8. The Labute approximate surface area is 117 Å². The second-order valence-corrected chi connectivity index (χ2v) is 6.00. The van der Waals surface area contributed by atoms with Crippen molar-refractivity contribution >= 4 is 11.3 Å². The number of hydrogen-bond donors (Lipinski definition) is 1. The van der Waals surface area contributed by atoms with Crippen molar-refractivity contribution < 1.29 is 9.84 Å². The highest BCUT2D eigenvalue weighted by Gasteiger charge is 2.29. The molecule has 1 unspecified atom stereocenters. The van der Waals surface area contributed by atoms with Gasteiger partial charge in [-0.2, -0.15) is 0 Å². The number of ether oxygens (including phenoxy) is 1. The monoisotopic (exact) mass is 277 g/mol. The second-order valence-electron chi connectivity index (χ2n) is 5.08. The van der Waals surface area contributed by atoms with Crippen LogP contribution in [-0.4, -0.2) is 16.2 Å². The third-order valence-electron chi connectivity index (χ3n) is 2.95. The maximum Gasteiger partial charge on any atom is 0.138 e. The van der Waals surface area contributed by atoms with E-state index in [1.54, 1.807) is 30.7 Å². The Balaban J connectivity index is 2.38. The Hall–Kier alpha value is -1.39. The smallest absolute Gasteiger partial charge is 0.138 e. The molecule has 3 nitrogen and oxygen atoms in total. The number of pyridine rings is 1. The molecule has 102 valence electrons. The SMILES string of the molecule is Cc1ccsc1C(C)(O)c1cncc(OC(C)C)c1. The molecule has 0 aromatic carbocycles. The Kier molecular flexibility index (Phi) is 3.92. The van der Waals surface area contributed by atoms with Gasteiger partial charge in [-0.1, -0.05) is 0 Å². The highest BCUT2D eigenvalue weighted by atomic mass is 32.1. The number of aryl methyl sites for hydroxylation is 1. The van der Waals surface area contributed by atoms with Gasteiger partial charge in [0.05, 0.1) is 12.3 Å². The lowest BCUT2D eigenvalue weighted by Crippen LogP contribution is -2.22. The van der Waals surface area contributed by atoms with Crippen LogP contribution in [0, 0.1) is 6.92 Å². The average molecular weight is 277 g/mol. The van der Waals surface area contributed by atoms with Gasteiger partial charge in [0.15, 0.2) is 0 Å². The fourth-order valence-electron chi connectivity index (χ4n) is 2.02. The van der Waals surface area contributed by atoms with Crippen LogP contribution in [0.1, 0.15) is 36.8 Å². The first-order valence-electron chi connectivity index (χ1n) is 6.30. The van der Waals surface area contributed by atoms with Gasteiger partial charge in [0.2, 0.25) is 0 Å². The summed E-state index contributed by atoms with van der Waals surface area (Å²) in [4.78, 5) is 5.10. The molecule has 4 heteroatoms. The van der Waals surface area contributed by atoms with Gasteiger partial charge in [0.1, 0.15) is 11.4 Å². The molecule has 1 N–H and O–H groups in total. The van der Waals surface area contributed by atoms with E-state index in [1.807, 2.05) is 38.3 Å². The number of nitrogens with zero attached hydrogens (tertiary/aromatic N) is 1. The third kappa shape index (κ3) is 2.96. The summed E-state index contributed by atoms with van der Waals surface area (Å²) >= 11 is 1.55. The minimum Gasteiger partial charge on any atom is -0.489 e. The van der Waals surface area contributed by atoms with Crippen molar-refractivity contribution in [3.8, 4) is 5.75 Å². The average Bonchev–Trinajstić information content (AvgIpc) is 2.75. The summed E-state index contributed by atoms with van der Waals surface area (Å²) in [5, 5.41) is 12.8. The Morgan fingerprint density at radius 2 is 2.11 bits per heavy atom. The zero-order valence-corrected chi connectivity index (χ0v) is 12.5. The zero-order chi connectivity index (χ0) is 14.0. The molecule has 1 atom stereocenters. The van der Waals surface area contributed by atoms with Crippen molar-refractivity contribution in [2.24, 2.45) is 0 Å². The first kappa shape index (κ1) is 14.0. The molecule has 2 rings (SSSR count). The van der Waals surface area contributed by atoms with Crippen LogP contribution in [0.25, 0.3) is 0 Å². The summed E-state index contributed by atoms with van der Waals surface area (Å²) in [5.41, 5.74) is 0.795. The quantitative estimate of drug-likeness (QED) is 0.930. The number of hydrogen-bond acceptors (Lipinski definition) is 4. The van der Waals surface area contributed by atoms with E-state index in [0.29, 0.717) is 5.75 Å². The summed E-state index contributed by atoms with van der Waals surface area (Å²) in [6.45, 7) is 7.73. The van der Waals surface area contributed by atoms with Gasteiger partial charge in [0.25, 0.3) is 0 Å². The standard InChI is InChI=1S/C15H19NO2S/c1-10(2)18-13-7-12(8-16-9-13)15(4,17)14-11(3)5-6-19-14/h5-10,17H,1-4H3. The number of aliphatic hydroxyl groups is 1. The van der Waals surface area contributed by atoms with E-state index in [1.165, 1.54) is 0 Å². The minimum absolute atomic E-state index is 0.0884. The first-order valence-corrected chi connectivity index (χ1v) is 7.18. The van der Waals surface area contributed by atoms with Crippen LogP contribution in [0.5, 0.6) is 5.75 Å². The van der Waals surface area contributed by atoms with Crippen LogP contribution in [0.3, 0.4) is 0 Å². The van der Waals surface area contributed by atoms with Crippen LogP contribution >= 0.6 is 11.3 Å². The van der Waals surface area contributed by atoms with Crippen molar-refractivity contribution in [2.75, 3.05) is 0 Å². The molecule has 0 bridgehead atoms. The first-order chi connectivity index (χ1) is 8.91. The minimum atomic E-state index is -1.04. The molecule has 2 aromatic rings. The van der Waals surface area contributed by atoms with Crippen molar-refractivity contribution in [3.63, 3.8) is 0 Å². The topological polar surface area (TPSA) is 42.4 Å². The molecule has 19 heavy (non-hydrogen) atoms. The summed E-state index contributed by atoms with van der Waals surface area (Å²) in [6, 6.07) is 3.86. The molecule has 0 fully saturated rings. The number of rotatable bonds is 4. The van der Waals surface area contributed by atoms with E-state index in [4.69, 9.17) is 4.74 Å². The number of thiophene rings is 1. The maximum absolute atomic E-state index is 10.8. The molecule has 0 aliphatic rings. The van der Waals surface area contributed by atoms with Gasteiger partial charge >= 0.3 is 0 Å². The molecule has 0 radical (unpaired) electrons. The van der Waals surface area contributed by atoms with E-state index in [0.717, 1.165) is 16.0 Å². The molecule has 0 aliphatic carbocycles. The molecule has 2 aromatic heterocycles. The predicted molar refractivity (Wildman–Crippen MR) is 77.7 cm³/mol. The van der Waals surface area contributed by atoms with Gasteiger partial charge in [0, 0.05) is 16.6 Å². The largest absolute Gasteiger partial charge is 0.489 e. The normalized spacial score (nSPS) is 14.4. The molecule has 0 aliphatic heterocycles. The highest BCUT2D eigenvalue weighted by Crippen LogP contribution is 2.35. The fourth-order valence-corrected chi connectivity index (χ4v) is 3.03. The van der Waals surface area contributed by atoms with Gasteiger partial charge in [-0.3, -0.25) is 4.98 Å². The Morgan fingerprint density at radius 3 is 2.68 bits per heavy atom. The fraction of sp³-hybridized carbons (Fsp3) is 0.400. The lowest BCUT2D eigenvalue weighted by molar-refractivity contribution is 0.104. The number of aromatic nitrogens is 1. The molecule has 0 spiro atoms. The van der Waals surface area contributed by atoms with E-state index >= 15 is 0 Å². The van der Waals surface area contributed by atoms with Gasteiger partial charge in [-0.15, -0.1) is 11.3 Å². The molecular weight excluding hydrogens is 258 g/mol. The molecular formula is C15H19NO2S. The van der Waals surface area contributed by atoms with Crippen LogP contribution in [0.2, 0.25) is 0 Å². The lowest BCUT2D eigenvalue weighted by Gasteiger charge is -2.24. The summed E-state index contributed by atoms with van der Waals surface area (Å²) in [5.74, 6) is 0.682. The van der Waals surface area contributed by atoms with Crippen molar-refractivity contribution in [3.05, 3.63) is 45.9 Å². The predicted octanol–water partition coefficient (Wildman–Crippen LogP) is 3.49.